The van der Waals surface area contributed by atoms with Gasteiger partial charge < -0.3 is 15.5 Å². The number of para-hydroxylation sites is 1. The van der Waals surface area contributed by atoms with Crippen molar-refractivity contribution in [3.63, 3.8) is 0 Å². The van der Waals surface area contributed by atoms with Gasteiger partial charge in [0.25, 0.3) is 0 Å². The minimum absolute atomic E-state index is 0.00470. The van der Waals surface area contributed by atoms with Gasteiger partial charge in [0.05, 0.1) is 6.04 Å². The van der Waals surface area contributed by atoms with Crippen LogP contribution in [0.1, 0.15) is 31.7 Å². The largest absolute Gasteiger partial charge is 0.342 e. The van der Waals surface area contributed by atoms with Gasteiger partial charge >= 0.3 is 0 Å². The molecule has 1 aliphatic heterocycles. The molecule has 114 valence electrons. The smallest absolute Gasteiger partial charge is 0.241 e. The lowest BCUT2D eigenvalue weighted by Crippen LogP contribution is -2.43. The van der Waals surface area contributed by atoms with Gasteiger partial charge in [0.15, 0.2) is 0 Å². The maximum absolute atomic E-state index is 12.3. The molecule has 1 heterocycles. The number of nitrogens with one attached hydrogen (secondary N) is 2. The van der Waals surface area contributed by atoms with Crippen molar-refractivity contribution in [2.45, 2.75) is 38.8 Å². The minimum atomic E-state index is -0.114. The first-order valence-electron chi connectivity index (χ1n) is 7.42. The van der Waals surface area contributed by atoms with E-state index in [0.717, 1.165) is 37.1 Å². The standard InChI is InChI=1S/C16H23N3O2/c1-12(20)19(2)11-13-7-3-4-8-14(13)18-16(21)15-9-5-6-10-17-15/h3-4,7-8,15,17H,5-6,9-11H2,1-2H3,(H,18,21)/t15-/m0/s1. The topological polar surface area (TPSA) is 61.4 Å². The SMILES string of the molecule is CC(=O)N(C)Cc1ccccc1NC(=O)[C@@H]1CCCCN1. The van der Waals surface area contributed by atoms with Crippen molar-refractivity contribution < 1.29 is 9.59 Å². The molecular weight excluding hydrogens is 266 g/mol. The zero-order valence-corrected chi connectivity index (χ0v) is 12.7. The third kappa shape index (κ3) is 4.29. The molecule has 0 spiro atoms. The van der Waals surface area contributed by atoms with Gasteiger partial charge in [-0.2, -0.15) is 0 Å². The summed E-state index contributed by atoms with van der Waals surface area (Å²) in [5.74, 6) is 0.0118. The van der Waals surface area contributed by atoms with E-state index in [0.29, 0.717) is 6.54 Å². The van der Waals surface area contributed by atoms with Gasteiger partial charge in [0, 0.05) is 26.2 Å². The highest BCUT2D eigenvalue weighted by atomic mass is 16.2. The van der Waals surface area contributed by atoms with Crippen LogP contribution in [0, 0.1) is 0 Å². The Morgan fingerprint density at radius 1 is 1.33 bits per heavy atom. The number of amides is 2. The predicted octanol–water partition coefficient (Wildman–Crippen LogP) is 1.75. The molecule has 1 aromatic carbocycles. The number of carbonyl (C=O) groups excluding carboxylic acids is 2. The van der Waals surface area contributed by atoms with Crippen LogP contribution in [0.4, 0.5) is 5.69 Å². The second-order valence-electron chi connectivity index (χ2n) is 5.52. The van der Waals surface area contributed by atoms with Crippen molar-refractivity contribution in [2.75, 3.05) is 18.9 Å². The molecule has 0 aliphatic carbocycles. The fraction of sp³-hybridized carbons (Fsp3) is 0.500. The molecular formula is C16H23N3O2. The van der Waals surface area contributed by atoms with E-state index in [1.807, 2.05) is 24.3 Å². The quantitative estimate of drug-likeness (QED) is 0.887. The number of piperidine rings is 1. The summed E-state index contributed by atoms with van der Waals surface area (Å²) in [4.78, 5) is 25.3. The third-order valence-electron chi connectivity index (χ3n) is 3.85. The van der Waals surface area contributed by atoms with Crippen LogP contribution in [0.5, 0.6) is 0 Å². The van der Waals surface area contributed by atoms with Crippen molar-refractivity contribution in [1.29, 1.82) is 0 Å². The van der Waals surface area contributed by atoms with Crippen LogP contribution >= 0.6 is 0 Å². The first-order valence-corrected chi connectivity index (χ1v) is 7.42. The average Bonchev–Trinajstić information content (AvgIpc) is 2.50. The van der Waals surface area contributed by atoms with Gasteiger partial charge in [-0.05, 0) is 31.0 Å². The molecule has 0 aromatic heterocycles. The lowest BCUT2D eigenvalue weighted by molar-refractivity contribution is -0.128. The van der Waals surface area contributed by atoms with E-state index in [9.17, 15) is 9.59 Å². The maximum atomic E-state index is 12.3. The van der Waals surface area contributed by atoms with Crippen molar-refractivity contribution in [3.8, 4) is 0 Å². The first kappa shape index (κ1) is 15.5. The van der Waals surface area contributed by atoms with E-state index in [1.54, 1.807) is 11.9 Å². The van der Waals surface area contributed by atoms with Crippen molar-refractivity contribution in [1.82, 2.24) is 10.2 Å². The Hall–Kier alpha value is -1.88. The van der Waals surface area contributed by atoms with E-state index in [1.165, 1.54) is 6.92 Å². The summed E-state index contributed by atoms with van der Waals surface area (Å²) < 4.78 is 0. The van der Waals surface area contributed by atoms with Crippen LogP contribution in [0.15, 0.2) is 24.3 Å². The maximum Gasteiger partial charge on any atom is 0.241 e. The van der Waals surface area contributed by atoms with E-state index < -0.39 is 0 Å². The van der Waals surface area contributed by atoms with Gasteiger partial charge in [-0.1, -0.05) is 24.6 Å². The molecule has 0 unspecified atom stereocenters. The van der Waals surface area contributed by atoms with Crippen LogP contribution < -0.4 is 10.6 Å². The van der Waals surface area contributed by atoms with E-state index >= 15 is 0 Å². The fourth-order valence-corrected chi connectivity index (χ4v) is 2.44. The number of anilines is 1. The van der Waals surface area contributed by atoms with Crippen LogP contribution in [0.25, 0.3) is 0 Å². The molecule has 0 radical (unpaired) electrons. The Morgan fingerprint density at radius 3 is 2.76 bits per heavy atom. The molecule has 1 aromatic rings. The number of rotatable bonds is 4. The summed E-state index contributed by atoms with van der Waals surface area (Å²) in [6.07, 6.45) is 3.09. The molecule has 5 nitrogen and oxygen atoms in total. The zero-order valence-electron chi connectivity index (χ0n) is 12.7. The van der Waals surface area contributed by atoms with Gasteiger partial charge in [0.1, 0.15) is 0 Å². The number of hydrogen-bond donors (Lipinski definition) is 2. The van der Waals surface area contributed by atoms with Crippen LogP contribution in [-0.2, 0) is 16.1 Å². The molecule has 0 saturated carbocycles. The highest BCUT2D eigenvalue weighted by Gasteiger charge is 2.21. The van der Waals surface area contributed by atoms with Crippen LogP contribution in [-0.4, -0.2) is 36.3 Å². The molecule has 2 N–H and O–H groups in total. The van der Waals surface area contributed by atoms with E-state index in [4.69, 9.17) is 0 Å². The Balaban J connectivity index is 2.05. The Kier molecular flexibility index (Phi) is 5.33. The Bertz CT molecular complexity index is 510. The summed E-state index contributed by atoms with van der Waals surface area (Å²) in [6, 6.07) is 7.50. The summed E-state index contributed by atoms with van der Waals surface area (Å²) in [5.41, 5.74) is 1.72. The normalized spacial score (nSPS) is 18.1. The van der Waals surface area contributed by atoms with E-state index in [-0.39, 0.29) is 17.9 Å². The van der Waals surface area contributed by atoms with Crippen molar-refractivity contribution in [3.05, 3.63) is 29.8 Å². The van der Waals surface area contributed by atoms with Crippen LogP contribution in [0.3, 0.4) is 0 Å². The molecule has 0 bridgehead atoms. The highest BCUT2D eigenvalue weighted by Crippen LogP contribution is 2.18. The molecule has 2 rings (SSSR count). The van der Waals surface area contributed by atoms with Gasteiger partial charge in [-0.3, -0.25) is 9.59 Å². The monoisotopic (exact) mass is 289 g/mol. The summed E-state index contributed by atoms with van der Waals surface area (Å²) in [7, 11) is 1.75. The molecule has 5 heteroatoms. The zero-order chi connectivity index (χ0) is 15.2. The summed E-state index contributed by atoms with van der Waals surface area (Å²) in [6.45, 7) is 2.92. The molecule has 1 atom stereocenters. The predicted molar refractivity (Wildman–Crippen MR) is 82.9 cm³/mol. The third-order valence-corrected chi connectivity index (χ3v) is 3.85. The fourth-order valence-electron chi connectivity index (χ4n) is 2.44. The summed E-state index contributed by atoms with van der Waals surface area (Å²) >= 11 is 0. The number of hydrogen-bond acceptors (Lipinski definition) is 3. The minimum Gasteiger partial charge on any atom is -0.342 e. The highest BCUT2D eigenvalue weighted by molar-refractivity contribution is 5.95. The lowest BCUT2D eigenvalue weighted by Gasteiger charge is -2.24. The molecule has 1 aliphatic rings. The first-order chi connectivity index (χ1) is 10.1. The van der Waals surface area contributed by atoms with Gasteiger partial charge in [0.2, 0.25) is 11.8 Å². The second-order valence-corrected chi connectivity index (χ2v) is 5.52. The lowest BCUT2D eigenvalue weighted by atomic mass is 10.0. The number of benzene rings is 1. The second kappa shape index (κ2) is 7.22. The summed E-state index contributed by atoms with van der Waals surface area (Å²) in [5, 5.41) is 6.23. The number of carbonyl (C=O) groups is 2. The van der Waals surface area contributed by atoms with Gasteiger partial charge in [-0.15, -0.1) is 0 Å². The Morgan fingerprint density at radius 2 is 2.10 bits per heavy atom. The molecule has 21 heavy (non-hydrogen) atoms. The van der Waals surface area contributed by atoms with Crippen molar-refractivity contribution >= 4 is 17.5 Å². The average molecular weight is 289 g/mol. The van der Waals surface area contributed by atoms with Gasteiger partial charge in [-0.25, -0.2) is 0 Å². The molecule has 1 fully saturated rings. The van der Waals surface area contributed by atoms with E-state index in [2.05, 4.69) is 10.6 Å². The molecule has 1 saturated heterocycles. The van der Waals surface area contributed by atoms with Crippen molar-refractivity contribution in [2.24, 2.45) is 0 Å². The Labute approximate surface area is 125 Å². The molecule has 2 amide bonds. The van der Waals surface area contributed by atoms with Crippen LogP contribution in [0.2, 0.25) is 0 Å². The number of nitrogens with zero attached hydrogens (tertiary/aromatic N) is 1.